The van der Waals surface area contributed by atoms with Crippen molar-refractivity contribution in [3.63, 3.8) is 0 Å². The molecule has 36 nitrogen and oxygen atoms in total. The predicted octanol–water partition coefficient (Wildman–Crippen LogP) is 15.4. The number of hydrogen-bond acceptors (Lipinski definition) is 27. The highest BCUT2D eigenvalue weighted by Crippen LogP contribution is 2.43. The number of aromatic nitrogens is 18. The van der Waals surface area contributed by atoms with E-state index in [1.165, 1.54) is 14.3 Å². The lowest BCUT2D eigenvalue weighted by molar-refractivity contribution is -0.192. The van der Waals surface area contributed by atoms with Crippen molar-refractivity contribution in [3.8, 4) is 34.3 Å². The van der Waals surface area contributed by atoms with Gasteiger partial charge in [-0.05, 0) is 222 Å². The van der Waals surface area contributed by atoms with Gasteiger partial charge in [-0.15, -0.1) is 0 Å². The Morgan fingerprint density at radius 3 is 0.903 bits per heavy atom. The summed E-state index contributed by atoms with van der Waals surface area (Å²) in [5, 5.41) is 40.5. The Morgan fingerprint density at radius 2 is 0.593 bits per heavy atom. The molecule has 12 heterocycles. The number of benzene rings is 9. The van der Waals surface area contributed by atoms with E-state index in [1.807, 2.05) is 149 Å². The van der Waals surface area contributed by atoms with Crippen LogP contribution in [-0.4, -0.2) is 225 Å². The van der Waals surface area contributed by atoms with Gasteiger partial charge in [-0.2, -0.15) is 60.3 Å². The molecule has 21 rings (SSSR count). The summed E-state index contributed by atoms with van der Waals surface area (Å²) in [6.07, 6.45) is 16.1. The summed E-state index contributed by atoms with van der Waals surface area (Å²) in [5.41, 5.74) is 11.2. The van der Waals surface area contributed by atoms with Crippen LogP contribution < -0.4 is 60.7 Å². The van der Waals surface area contributed by atoms with Gasteiger partial charge in [-0.25, -0.2) is 42.1 Å². The van der Waals surface area contributed by atoms with E-state index in [0.717, 1.165) is 177 Å². The van der Waals surface area contributed by atoms with E-state index in [0.29, 0.717) is 65.3 Å². The van der Waals surface area contributed by atoms with Gasteiger partial charge in [0.2, 0.25) is 17.4 Å². The highest BCUT2D eigenvalue weighted by molar-refractivity contribution is 6.34. The fourth-order valence-corrected chi connectivity index (χ4v) is 19.6. The first kappa shape index (κ1) is 100. The summed E-state index contributed by atoms with van der Waals surface area (Å²) in [4.78, 5) is 57.2. The molecule has 0 radical (unpaired) electrons. The van der Waals surface area contributed by atoms with Crippen LogP contribution >= 0.6 is 46.4 Å². The van der Waals surface area contributed by atoms with Gasteiger partial charge in [-0.3, -0.25) is 0 Å². The van der Waals surface area contributed by atoms with Crippen LogP contribution in [0.5, 0.6) is 17.2 Å². The van der Waals surface area contributed by atoms with Gasteiger partial charge < -0.3 is 72.0 Å². The Morgan fingerprint density at radius 1 is 0.317 bits per heavy atom. The smallest absolute Gasteiger partial charge is 0.350 e. The first-order valence-corrected chi connectivity index (χ1v) is 50.6. The van der Waals surface area contributed by atoms with Gasteiger partial charge in [0, 0.05) is 149 Å². The maximum atomic E-state index is 12.8. The molecule has 0 N–H and O–H groups in total. The van der Waals surface area contributed by atoms with Crippen molar-refractivity contribution in [2.24, 2.45) is 0 Å². The lowest BCUT2D eigenvalue weighted by Gasteiger charge is -2.37. The van der Waals surface area contributed by atoms with Gasteiger partial charge in [0.15, 0.2) is 0 Å². The topological polar surface area (TPSA) is 314 Å². The summed E-state index contributed by atoms with van der Waals surface area (Å²) in [7, 11) is 0. The van der Waals surface area contributed by atoms with Crippen molar-refractivity contribution in [1.82, 2.24) is 88.0 Å². The molecule has 6 saturated heterocycles. The van der Waals surface area contributed by atoms with E-state index in [1.54, 1.807) is 102 Å². The third-order valence-electron chi connectivity index (χ3n) is 27.2. The Labute approximate surface area is 858 Å². The molecule has 0 aliphatic carbocycles. The highest BCUT2D eigenvalue weighted by atomic mass is 35.5. The van der Waals surface area contributed by atoms with Crippen molar-refractivity contribution in [2.45, 2.75) is 134 Å². The molecule has 6 aliphatic heterocycles. The zero-order valence-corrected chi connectivity index (χ0v) is 84.5. The molecular formula is C105H116Cl4N24O12. The highest BCUT2D eigenvalue weighted by Gasteiger charge is 2.49. The van der Waals surface area contributed by atoms with E-state index in [9.17, 15) is 14.4 Å². The first-order chi connectivity index (χ1) is 70.6. The van der Waals surface area contributed by atoms with Crippen molar-refractivity contribution in [3.05, 3.63) is 337 Å². The van der Waals surface area contributed by atoms with Crippen molar-refractivity contribution >= 4 is 80.5 Å². The second kappa shape index (κ2) is 45.3. The van der Waals surface area contributed by atoms with Crippen LogP contribution in [0.1, 0.15) is 95.6 Å². The minimum Gasteiger partial charge on any atom is -0.491 e. The normalized spacial score (nSPS) is 20.2. The number of ether oxygens (including phenoxy) is 9. The zero-order valence-electron chi connectivity index (χ0n) is 81.5. The van der Waals surface area contributed by atoms with Crippen LogP contribution in [0.3, 0.4) is 0 Å². The SMILES string of the molecule is CCC(C)n1ncn(-c2ccc(N3CCN(c4ccc(OCC5COC(Cn6nccn6)(c6cc(Cl)cc(Cl)c6)O5)cc4)CC3)cc2)c1=O.CCC(C)n1ncn(-c2ccc(N3CCN(c4ccc(OCC5COC(Cn6nccn6)(c6cccc(Cl)c6)O5)cc4)CC3)cc2)c1=O.CCC(C)n1ncn(-c2ccc(N3CCN(c4ccc(OCC5COC(Cn6nccn6)(c6ccccc6Cl)O5)cc4)CC3)cc2)c1=O. The molecule has 6 fully saturated rings. The largest absolute Gasteiger partial charge is 0.491 e. The van der Waals surface area contributed by atoms with Crippen molar-refractivity contribution < 1.29 is 42.6 Å². The molecule has 0 amide bonds. The number of piperazine rings is 3. The summed E-state index contributed by atoms with van der Waals surface area (Å²) in [6.45, 7) is 25.6. The monoisotopic (exact) mass is 2040 g/mol. The minimum atomic E-state index is -1.16. The molecule has 6 aromatic heterocycles. The fourth-order valence-electron chi connectivity index (χ4n) is 18.6. The van der Waals surface area contributed by atoms with Gasteiger partial charge in [0.05, 0.1) is 92.2 Å². The first-order valence-electron chi connectivity index (χ1n) is 49.1. The maximum absolute atomic E-state index is 12.8. The second-order valence-corrected chi connectivity index (χ2v) is 38.3. The number of rotatable bonds is 33. The average molecular weight is 2050 g/mol. The standard InChI is InChI=1S/C35H38Cl2N8O4.2C35H39ClN8O4/c1-3-25(2)45-34(46)43(24-40-45)31-6-4-29(5-7-31)41-14-16-42(17-15-41)30-8-10-32(11-9-30)47-21-33-22-48-35(49-33,23-44-38-12-13-39-44)26-18-27(36)20-28(37)19-26;1-3-26(2)44-34(45)42(25-39-44)31-9-7-29(8-10-31)40-17-19-41(20-18-40)30-11-13-32(14-12-30)46-22-33-23-47-35(48-33,24-43-37-15-16-38-43)27-5-4-6-28(36)21-27;1-3-26(2)44-34(45)42(25-39-44)29-10-8-27(9-11-29)40-18-20-41(21-19-40)28-12-14-30(15-13-28)46-22-31-23-47-35(48-31,24-43-37-16-17-38-43)32-6-4-5-7-33(32)36/h4-13,18-20,24-25,33H,3,14-17,21-23H2,1-2H3;4-16,21,25-26,33H,3,17-20,22-24H2,1-2H3;4-17,25-26,31H,3,18-24H2,1-2H3. The van der Waals surface area contributed by atoms with Crippen LogP contribution in [0, 0.1) is 0 Å². The predicted molar refractivity (Wildman–Crippen MR) is 555 cm³/mol. The fraction of sp³-hybridized carbons (Fsp3) is 0.371. The van der Waals surface area contributed by atoms with Gasteiger partial charge in [0.25, 0.3) is 0 Å². The molecule has 756 valence electrons. The lowest BCUT2D eigenvalue weighted by atomic mass is 10.1. The molecule has 0 bridgehead atoms. The summed E-state index contributed by atoms with van der Waals surface area (Å²) in [5.74, 6) is -1.06. The summed E-state index contributed by atoms with van der Waals surface area (Å²) in [6, 6.07) is 69.3. The zero-order chi connectivity index (χ0) is 100. The number of halogens is 4. The minimum absolute atomic E-state index is 0.0644. The van der Waals surface area contributed by atoms with Crippen LogP contribution in [-0.2, 0) is 65.4 Å². The molecule has 0 saturated carbocycles. The third kappa shape index (κ3) is 23.2. The second-order valence-electron chi connectivity index (χ2n) is 36.6. The van der Waals surface area contributed by atoms with E-state index in [-0.39, 0.29) is 73.1 Å². The molecule has 0 spiro atoms. The number of anilines is 6. The van der Waals surface area contributed by atoms with Gasteiger partial charge >= 0.3 is 17.1 Å². The van der Waals surface area contributed by atoms with Gasteiger partial charge in [0.1, 0.15) is 94.0 Å². The lowest BCUT2D eigenvalue weighted by Crippen LogP contribution is -2.46. The number of hydrogen-bond donors (Lipinski definition) is 0. The molecule has 145 heavy (non-hydrogen) atoms. The molecule has 9 unspecified atom stereocenters. The summed E-state index contributed by atoms with van der Waals surface area (Å²) >= 11 is 25.5. The Balaban J connectivity index is 0.000000137. The van der Waals surface area contributed by atoms with E-state index in [2.05, 4.69) is 162 Å². The number of nitrogens with zero attached hydrogens (tertiary/aromatic N) is 24. The average Bonchev–Trinajstić information content (AvgIpc) is 1.64. The van der Waals surface area contributed by atoms with Crippen LogP contribution in [0.2, 0.25) is 20.1 Å². The van der Waals surface area contributed by atoms with E-state index < -0.39 is 17.4 Å². The molecule has 9 aromatic carbocycles. The molecule has 6 aliphatic rings. The summed E-state index contributed by atoms with van der Waals surface area (Å²) < 4.78 is 66.0. The molecule has 9 atom stereocenters. The Hall–Kier alpha value is -13.7. The Bertz CT molecular complexity index is 6900. The third-order valence-corrected chi connectivity index (χ3v) is 28.2. The molecule has 15 aromatic rings. The molecular weight excluding hydrogens is 1930 g/mol. The maximum Gasteiger partial charge on any atom is 0.350 e. The quantitative estimate of drug-likeness (QED) is 0.0369. The van der Waals surface area contributed by atoms with Crippen LogP contribution in [0.25, 0.3) is 17.1 Å². The van der Waals surface area contributed by atoms with Crippen LogP contribution in [0.4, 0.5) is 34.1 Å². The van der Waals surface area contributed by atoms with Crippen molar-refractivity contribution in [2.75, 3.05) is 148 Å². The van der Waals surface area contributed by atoms with E-state index in [4.69, 9.17) is 89.0 Å². The van der Waals surface area contributed by atoms with Gasteiger partial charge in [-0.1, -0.05) is 97.5 Å². The molecule has 40 heteroatoms. The van der Waals surface area contributed by atoms with Crippen molar-refractivity contribution in [1.29, 1.82) is 0 Å². The van der Waals surface area contributed by atoms with Crippen LogP contribution in [0.15, 0.2) is 283 Å². The Kier molecular flexibility index (Phi) is 31.3. The van der Waals surface area contributed by atoms with E-state index >= 15 is 0 Å².